The molecule has 1 saturated heterocycles. The van der Waals surface area contributed by atoms with E-state index in [1.165, 1.54) is 30.4 Å². The second kappa shape index (κ2) is 7.00. The lowest BCUT2D eigenvalue weighted by Gasteiger charge is -2.37. The van der Waals surface area contributed by atoms with Crippen LogP contribution in [0.3, 0.4) is 0 Å². The van der Waals surface area contributed by atoms with Gasteiger partial charge in [-0.15, -0.1) is 0 Å². The highest BCUT2D eigenvalue weighted by molar-refractivity contribution is 9.10. The molecule has 3 rings (SSSR count). The molecule has 2 N–H and O–H groups in total. The Hall–Kier alpha value is -0.420. The van der Waals surface area contributed by atoms with Crippen LogP contribution in [0.25, 0.3) is 0 Å². The van der Waals surface area contributed by atoms with Crippen LogP contribution in [0.2, 0.25) is 0 Å². The first-order valence-corrected chi connectivity index (χ1v) is 9.13. The van der Waals surface area contributed by atoms with E-state index in [0.29, 0.717) is 6.04 Å². The van der Waals surface area contributed by atoms with Crippen molar-refractivity contribution >= 4 is 15.9 Å². The molecule has 1 aromatic carbocycles. The molecule has 0 bridgehead atoms. The van der Waals surface area contributed by atoms with Crippen molar-refractivity contribution in [3.8, 4) is 0 Å². The van der Waals surface area contributed by atoms with Crippen LogP contribution in [-0.4, -0.2) is 36.5 Å². The summed E-state index contributed by atoms with van der Waals surface area (Å²) in [6.45, 7) is 4.03. The molecule has 1 aromatic rings. The summed E-state index contributed by atoms with van der Waals surface area (Å²) in [6, 6.07) is 6.75. The molecule has 1 aliphatic heterocycles. The highest BCUT2D eigenvalue weighted by Gasteiger charge is 2.44. The Morgan fingerprint density at radius 2 is 2.27 bits per heavy atom. The lowest BCUT2D eigenvalue weighted by atomic mass is 9.77. The standard InChI is InChI=1S/C18H26BrNO2/c1-13-15(4-2-5-17(13)19)8-14(11-21)10-20-16-9-18(22-12-16)6-3-7-18/h2,4-5,14,16,20-21H,3,6-12H2,1H3. The topological polar surface area (TPSA) is 41.5 Å². The third-order valence-corrected chi connectivity index (χ3v) is 6.17. The van der Waals surface area contributed by atoms with E-state index in [1.807, 2.05) is 0 Å². The third-order valence-electron chi connectivity index (χ3n) is 5.32. The molecular weight excluding hydrogens is 342 g/mol. The summed E-state index contributed by atoms with van der Waals surface area (Å²) in [7, 11) is 0. The van der Waals surface area contributed by atoms with Gasteiger partial charge in [0.2, 0.25) is 0 Å². The van der Waals surface area contributed by atoms with Gasteiger partial charge in [0.15, 0.2) is 0 Å². The molecule has 0 radical (unpaired) electrons. The van der Waals surface area contributed by atoms with E-state index >= 15 is 0 Å². The number of aliphatic hydroxyl groups is 1. The second-order valence-corrected chi connectivity index (χ2v) is 7.79. The number of aliphatic hydroxyl groups excluding tert-OH is 1. The number of ether oxygens (including phenoxy) is 1. The molecule has 122 valence electrons. The SMILES string of the molecule is Cc1c(Br)cccc1CC(CO)CNC1COC2(CCC2)C1. The molecule has 1 saturated carbocycles. The highest BCUT2D eigenvalue weighted by atomic mass is 79.9. The Morgan fingerprint density at radius 1 is 1.45 bits per heavy atom. The number of nitrogens with one attached hydrogen (secondary N) is 1. The molecule has 1 heterocycles. The fourth-order valence-electron chi connectivity index (χ4n) is 3.61. The molecule has 1 aliphatic carbocycles. The quantitative estimate of drug-likeness (QED) is 0.810. The summed E-state index contributed by atoms with van der Waals surface area (Å²) in [5.41, 5.74) is 2.79. The smallest absolute Gasteiger partial charge is 0.0699 e. The lowest BCUT2D eigenvalue weighted by molar-refractivity contribution is -0.0563. The molecule has 2 aliphatic rings. The van der Waals surface area contributed by atoms with Gasteiger partial charge in [0.05, 0.1) is 12.2 Å². The largest absolute Gasteiger partial charge is 0.396 e. The van der Waals surface area contributed by atoms with Crippen molar-refractivity contribution in [3.05, 3.63) is 33.8 Å². The van der Waals surface area contributed by atoms with Crippen molar-refractivity contribution in [3.63, 3.8) is 0 Å². The molecule has 2 unspecified atom stereocenters. The zero-order valence-corrected chi connectivity index (χ0v) is 14.9. The fourth-order valence-corrected chi connectivity index (χ4v) is 4.02. The number of rotatable bonds is 6. The monoisotopic (exact) mass is 367 g/mol. The van der Waals surface area contributed by atoms with E-state index in [1.54, 1.807) is 0 Å². The fraction of sp³-hybridized carbons (Fsp3) is 0.667. The second-order valence-electron chi connectivity index (χ2n) is 6.93. The van der Waals surface area contributed by atoms with Crippen LogP contribution in [0.5, 0.6) is 0 Å². The van der Waals surface area contributed by atoms with E-state index in [2.05, 4.69) is 46.4 Å². The van der Waals surface area contributed by atoms with Crippen molar-refractivity contribution in [2.75, 3.05) is 19.8 Å². The van der Waals surface area contributed by atoms with Crippen LogP contribution >= 0.6 is 15.9 Å². The summed E-state index contributed by atoms with van der Waals surface area (Å²) < 4.78 is 7.12. The highest BCUT2D eigenvalue weighted by Crippen LogP contribution is 2.43. The summed E-state index contributed by atoms with van der Waals surface area (Å²) >= 11 is 3.58. The molecule has 2 fully saturated rings. The van der Waals surface area contributed by atoms with E-state index in [-0.39, 0.29) is 18.1 Å². The first-order valence-electron chi connectivity index (χ1n) is 8.34. The van der Waals surface area contributed by atoms with Crippen molar-refractivity contribution < 1.29 is 9.84 Å². The van der Waals surface area contributed by atoms with E-state index in [4.69, 9.17) is 4.74 Å². The van der Waals surface area contributed by atoms with Gasteiger partial charge in [-0.2, -0.15) is 0 Å². The van der Waals surface area contributed by atoms with Crippen LogP contribution in [0.1, 0.15) is 36.8 Å². The van der Waals surface area contributed by atoms with Crippen LogP contribution in [0, 0.1) is 12.8 Å². The zero-order valence-electron chi connectivity index (χ0n) is 13.3. The van der Waals surface area contributed by atoms with Crippen LogP contribution < -0.4 is 5.32 Å². The van der Waals surface area contributed by atoms with Crippen LogP contribution in [0.4, 0.5) is 0 Å². The Labute approximate surface area is 141 Å². The predicted octanol–water partition coefficient (Wildman–Crippen LogP) is 3.21. The third kappa shape index (κ3) is 3.56. The minimum atomic E-state index is 0.202. The molecule has 4 heteroatoms. The Morgan fingerprint density at radius 3 is 2.91 bits per heavy atom. The number of benzene rings is 1. The van der Waals surface area contributed by atoms with Gasteiger partial charge < -0.3 is 15.2 Å². The average molecular weight is 368 g/mol. The summed E-state index contributed by atoms with van der Waals surface area (Å²) in [5.74, 6) is 0.256. The molecule has 0 amide bonds. The van der Waals surface area contributed by atoms with Gasteiger partial charge >= 0.3 is 0 Å². The lowest BCUT2D eigenvalue weighted by Crippen LogP contribution is -2.39. The molecule has 3 nitrogen and oxygen atoms in total. The molecule has 0 aromatic heterocycles. The molecule has 22 heavy (non-hydrogen) atoms. The normalized spacial score (nSPS) is 24.4. The van der Waals surface area contributed by atoms with Crippen LogP contribution in [0.15, 0.2) is 22.7 Å². The Balaban J connectivity index is 1.51. The first-order chi connectivity index (χ1) is 10.6. The van der Waals surface area contributed by atoms with Crippen LogP contribution in [-0.2, 0) is 11.2 Å². The maximum absolute atomic E-state index is 9.70. The van der Waals surface area contributed by atoms with E-state index in [0.717, 1.165) is 30.5 Å². The average Bonchev–Trinajstić information content (AvgIpc) is 2.92. The van der Waals surface area contributed by atoms with Gasteiger partial charge in [-0.25, -0.2) is 0 Å². The van der Waals surface area contributed by atoms with Gasteiger partial charge in [-0.1, -0.05) is 28.1 Å². The minimum absolute atomic E-state index is 0.202. The molecule has 1 spiro atoms. The Kier molecular flexibility index (Phi) is 5.23. The van der Waals surface area contributed by atoms with Gasteiger partial charge in [0.25, 0.3) is 0 Å². The zero-order chi connectivity index (χ0) is 15.6. The summed E-state index contributed by atoms with van der Waals surface area (Å²) in [4.78, 5) is 0. The van der Waals surface area contributed by atoms with Crippen molar-refractivity contribution in [1.82, 2.24) is 5.32 Å². The number of hydrogen-bond acceptors (Lipinski definition) is 3. The summed E-state index contributed by atoms with van der Waals surface area (Å²) in [5, 5.41) is 13.3. The first kappa shape index (κ1) is 16.4. The van der Waals surface area contributed by atoms with Crippen molar-refractivity contribution in [1.29, 1.82) is 0 Å². The predicted molar refractivity (Wildman–Crippen MR) is 92.1 cm³/mol. The Bertz CT molecular complexity index is 516. The van der Waals surface area contributed by atoms with Gasteiger partial charge in [-0.05, 0) is 62.1 Å². The maximum Gasteiger partial charge on any atom is 0.0699 e. The van der Waals surface area contributed by atoms with E-state index in [9.17, 15) is 5.11 Å². The number of halogens is 1. The number of hydrogen-bond donors (Lipinski definition) is 2. The maximum atomic E-state index is 9.70. The summed E-state index contributed by atoms with van der Waals surface area (Å²) in [6.07, 6.45) is 5.82. The van der Waals surface area contributed by atoms with Gasteiger partial charge in [-0.3, -0.25) is 0 Å². The van der Waals surface area contributed by atoms with Crippen molar-refractivity contribution in [2.45, 2.75) is 50.7 Å². The van der Waals surface area contributed by atoms with Crippen molar-refractivity contribution in [2.24, 2.45) is 5.92 Å². The molecular formula is C18H26BrNO2. The molecule has 2 atom stereocenters. The minimum Gasteiger partial charge on any atom is -0.396 e. The van der Waals surface area contributed by atoms with E-state index < -0.39 is 0 Å². The van der Waals surface area contributed by atoms with Gasteiger partial charge in [0, 0.05) is 23.7 Å². The van der Waals surface area contributed by atoms with Gasteiger partial charge in [0.1, 0.15) is 0 Å².